The van der Waals surface area contributed by atoms with Crippen molar-refractivity contribution in [1.29, 1.82) is 0 Å². The number of aromatic nitrogens is 2. The first-order chi connectivity index (χ1) is 7.18. The summed E-state index contributed by atoms with van der Waals surface area (Å²) in [5, 5.41) is 0.628. The summed E-state index contributed by atoms with van der Waals surface area (Å²) in [7, 11) is 0. The fourth-order valence-corrected chi connectivity index (χ4v) is 2.38. The summed E-state index contributed by atoms with van der Waals surface area (Å²) in [6.07, 6.45) is 6.41. The lowest BCUT2D eigenvalue weighted by atomic mass is 9.88. The highest BCUT2D eigenvalue weighted by Gasteiger charge is 2.19. The first-order valence-electron chi connectivity index (χ1n) is 5.69. The standard InChI is InChI=1S/C12H17ClN2/c1-8-9(2)14-12(15-11(8)13)10-6-4-3-5-7-10/h10H,3-7H2,1-2H3. The molecule has 2 nitrogen and oxygen atoms in total. The summed E-state index contributed by atoms with van der Waals surface area (Å²) in [6.45, 7) is 3.98. The second-order valence-electron chi connectivity index (χ2n) is 4.42. The lowest BCUT2D eigenvalue weighted by molar-refractivity contribution is 0.428. The molecule has 0 bridgehead atoms. The smallest absolute Gasteiger partial charge is 0.135 e. The molecule has 1 fully saturated rings. The van der Waals surface area contributed by atoms with Crippen LogP contribution in [0.15, 0.2) is 0 Å². The van der Waals surface area contributed by atoms with E-state index in [1.165, 1.54) is 32.1 Å². The van der Waals surface area contributed by atoms with E-state index in [9.17, 15) is 0 Å². The Hall–Kier alpha value is -0.630. The van der Waals surface area contributed by atoms with Crippen molar-refractivity contribution in [2.75, 3.05) is 0 Å². The zero-order valence-corrected chi connectivity index (χ0v) is 10.1. The van der Waals surface area contributed by atoms with Gasteiger partial charge in [-0.3, -0.25) is 0 Å². The minimum Gasteiger partial charge on any atom is -0.238 e. The second kappa shape index (κ2) is 4.48. The molecule has 1 aliphatic carbocycles. The maximum Gasteiger partial charge on any atom is 0.135 e. The summed E-state index contributed by atoms with van der Waals surface area (Å²) in [5.41, 5.74) is 2.03. The topological polar surface area (TPSA) is 25.8 Å². The van der Waals surface area contributed by atoms with Crippen LogP contribution in [-0.4, -0.2) is 9.97 Å². The van der Waals surface area contributed by atoms with Gasteiger partial charge in [-0.05, 0) is 26.7 Å². The lowest BCUT2D eigenvalue weighted by Gasteiger charge is -2.20. The fraction of sp³-hybridized carbons (Fsp3) is 0.667. The van der Waals surface area contributed by atoms with Crippen LogP contribution < -0.4 is 0 Å². The van der Waals surface area contributed by atoms with Gasteiger partial charge in [0.25, 0.3) is 0 Å². The van der Waals surface area contributed by atoms with Crippen molar-refractivity contribution in [2.24, 2.45) is 0 Å². The van der Waals surface area contributed by atoms with Gasteiger partial charge in [0.15, 0.2) is 0 Å². The van der Waals surface area contributed by atoms with Crippen LogP contribution in [0.3, 0.4) is 0 Å². The van der Waals surface area contributed by atoms with Crippen LogP contribution in [0.25, 0.3) is 0 Å². The Morgan fingerprint density at radius 2 is 1.73 bits per heavy atom. The summed E-state index contributed by atoms with van der Waals surface area (Å²) >= 11 is 6.09. The molecule has 0 atom stereocenters. The highest BCUT2D eigenvalue weighted by Crippen LogP contribution is 2.31. The molecule has 0 spiro atoms. The maximum absolute atomic E-state index is 6.09. The molecule has 0 unspecified atom stereocenters. The van der Waals surface area contributed by atoms with Gasteiger partial charge >= 0.3 is 0 Å². The lowest BCUT2D eigenvalue weighted by Crippen LogP contribution is -2.10. The molecule has 1 aromatic heterocycles. The van der Waals surface area contributed by atoms with Gasteiger partial charge in [0.05, 0.1) is 0 Å². The molecule has 1 aliphatic rings. The number of halogens is 1. The van der Waals surface area contributed by atoms with E-state index in [4.69, 9.17) is 11.6 Å². The monoisotopic (exact) mass is 224 g/mol. The molecule has 1 aromatic rings. The van der Waals surface area contributed by atoms with Crippen molar-refractivity contribution in [3.63, 3.8) is 0 Å². The van der Waals surface area contributed by atoms with Gasteiger partial charge < -0.3 is 0 Å². The van der Waals surface area contributed by atoms with Gasteiger partial charge in [-0.2, -0.15) is 0 Å². The first kappa shape index (κ1) is 10.9. The normalized spacial score (nSPS) is 18.1. The van der Waals surface area contributed by atoms with Crippen LogP contribution in [0.5, 0.6) is 0 Å². The third kappa shape index (κ3) is 2.31. The molecule has 0 radical (unpaired) electrons. The molecular weight excluding hydrogens is 208 g/mol. The average Bonchev–Trinajstić information content (AvgIpc) is 2.26. The molecule has 0 saturated heterocycles. The number of hydrogen-bond donors (Lipinski definition) is 0. The number of aryl methyl sites for hydroxylation is 1. The minimum absolute atomic E-state index is 0.538. The van der Waals surface area contributed by atoms with E-state index in [1.807, 2.05) is 13.8 Å². The largest absolute Gasteiger partial charge is 0.238 e. The number of rotatable bonds is 1. The van der Waals surface area contributed by atoms with Crippen LogP contribution in [0, 0.1) is 13.8 Å². The molecule has 2 rings (SSSR count). The molecule has 3 heteroatoms. The average molecular weight is 225 g/mol. The number of hydrogen-bond acceptors (Lipinski definition) is 2. The third-order valence-corrected chi connectivity index (χ3v) is 3.69. The third-order valence-electron chi connectivity index (χ3n) is 3.32. The Morgan fingerprint density at radius 3 is 2.33 bits per heavy atom. The Bertz CT molecular complexity index is 334. The van der Waals surface area contributed by atoms with Crippen LogP contribution in [0.2, 0.25) is 5.15 Å². The Labute approximate surface area is 96.1 Å². The van der Waals surface area contributed by atoms with Gasteiger partial charge in [0, 0.05) is 17.2 Å². The Balaban J connectivity index is 2.27. The van der Waals surface area contributed by atoms with Crippen molar-refractivity contribution < 1.29 is 0 Å². The van der Waals surface area contributed by atoms with Gasteiger partial charge in [-0.25, -0.2) is 9.97 Å². The quantitative estimate of drug-likeness (QED) is 0.679. The van der Waals surface area contributed by atoms with Crippen molar-refractivity contribution in [1.82, 2.24) is 9.97 Å². The maximum atomic E-state index is 6.09. The molecule has 1 heterocycles. The van der Waals surface area contributed by atoms with Gasteiger partial charge in [0.2, 0.25) is 0 Å². The fourth-order valence-electron chi connectivity index (χ4n) is 2.16. The Morgan fingerprint density at radius 1 is 1.07 bits per heavy atom. The van der Waals surface area contributed by atoms with Gasteiger partial charge in [-0.1, -0.05) is 30.9 Å². The molecule has 1 saturated carbocycles. The van der Waals surface area contributed by atoms with Crippen molar-refractivity contribution in [3.8, 4) is 0 Å². The van der Waals surface area contributed by atoms with Crippen molar-refractivity contribution in [2.45, 2.75) is 51.9 Å². The molecular formula is C12H17ClN2. The first-order valence-corrected chi connectivity index (χ1v) is 6.07. The predicted molar refractivity (Wildman–Crippen MR) is 62.3 cm³/mol. The molecule has 0 amide bonds. The predicted octanol–water partition coefficient (Wildman–Crippen LogP) is 3.79. The van der Waals surface area contributed by atoms with Crippen molar-refractivity contribution >= 4 is 11.6 Å². The summed E-state index contributed by atoms with van der Waals surface area (Å²) < 4.78 is 0. The van der Waals surface area contributed by atoms with E-state index in [2.05, 4.69) is 9.97 Å². The van der Waals surface area contributed by atoms with Gasteiger partial charge in [0.1, 0.15) is 11.0 Å². The van der Waals surface area contributed by atoms with E-state index in [0.717, 1.165) is 17.1 Å². The van der Waals surface area contributed by atoms with Gasteiger partial charge in [-0.15, -0.1) is 0 Å². The van der Waals surface area contributed by atoms with E-state index >= 15 is 0 Å². The van der Waals surface area contributed by atoms with Crippen LogP contribution in [0.1, 0.15) is 55.1 Å². The molecule has 0 N–H and O–H groups in total. The van der Waals surface area contributed by atoms with Crippen LogP contribution in [0.4, 0.5) is 0 Å². The SMILES string of the molecule is Cc1nc(C2CCCCC2)nc(Cl)c1C. The summed E-state index contributed by atoms with van der Waals surface area (Å²) in [4.78, 5) is 8.97. The Kier molecular flexibility index (Phi) is 3.25. The molecule has 82 valence electrons. The molecule has 0 aromatic carbocycles. The minimum atomic E-state index is 0.538. The van der Waals surface area contributed by atoms with E-state index in [-0.39, 0.29) is 0 Å². The van der Waals surface area contributed by atoms with Crippen LogP contribution >= 0.6 is 11.6 Å². The van der Waals surface area contributed by atoms with E-state index < -0.39 is 0 Å². The summed E-state index contributed by atoms with van der Waals surface area (Å²) in [6, 6.07) is 0. The van der Waals surface area contributed by atoms with Crippen molar-refractivity contribution in [3.05, 3.63) is 22.2 Å². The van der Waals surface area contributed by atoms with Crippen LogP contribution in [-0.2, 0) is 0 Å². The summed E-state index contributed by atoms with van der Waals surface area (Å²) in [5.74, 6) is 1.50. The van der Waals surface area contributed by atoms with E-state index in [1.54, 1.807) is 0 Å². The molecule has 0 aliphatic heterocycles. The molecule has 15 heavy (non-hydrogen) atoms. The second-order valence-corrected chi connectivity index (χ2v) is 4.78. The zero-order valence-electron chi connectivity index (χ0n) is 9.39. The number of nitrogens with zero attached hydrogens (tertiary/aromatic N) is 2. The zero-order chi connectivity index (χ0) is 10.8. The highest BCUT2D eigenvalue weighted by atomic mass is 35.5. The highest BCUT2D eigenvalue weighted by molar-refractivity contribution is 6.30. The van der Waals surface area contributed by atoms with E-state index in [0.29, 0.717) is 11.1 Å².